The molecule has 0 bridgehead atoms. The number of nitrogens with one attached hydrogen (secondary N) is 1. The Balaban J connectivity index is 1.76. The maximum Gasteiger partial charge on any atom is 0.00672 e. The van der Waals surface area contributed by atoms with Crippen LogP contribution in [-0.4, -0.2) is 12.6 Å². The molecule has 0 aromatic rings. The van der Waals surface area contributed by atoms with Gasteiger partial charge in [-0.2, -0.15) is 0 Å². The lowest BCUT2D eigenvalue weighted by Crippen LogP contribution is -2.37. The second-order valence-corrected chi connectivity index (χ2v) is 5.42. The molecule has 2 aliphatic rings. The van der Waals surface area contributed by atoms with E-state index in [0.717, 1.165) is 6.04 Å². The summed E-state index contributed by atoms with van der Waals surface area (Å²) >= 11 is 0. The highest BCUT2D eigenvalue weighted by atomic mass is 14.9. The van der Waals surface area contributed by atoms with Crippen LogP contribution in [0, 0.1) is 5.41 Å². The maximum atomic E-state index is 3.82. The fraction of sp³-hybridized carbons (Fsp3) is 1.00. The molecule has 1 N–H and O–H groups in total. The van der Waals surface area contributed by atoms with E-state index in [4.69, 9.17) is 0 Å². The predicted octanol–water partition coefficient (Wildman–Crippen LogP) is 3.49. The highest BCUT2D eigenvalue weighted by molar-refractivity contribution is 4.87. The van der Waals surface area contributed by atoms with Crippen LogP contribution in [0.1, 0.15) is 64.7 Å². The zero-order chi connectivity index (χ0) is 9.86. The minimum atomic E-state index is 0.683. The van der Waals surface area contributed by atoms with Crippen molar-refractivity contribution in [2.45, 2.75) is 70.8 Å². The van der Waals surface area contributed by atoms with Crippen LogP contribution in [0.15, 0.2) is 0 Å². The molecule has 1 nitrogen and oxygen atoms in total. The van der Waals surface area contributed by atoms with E-state index in [1.807, 2.05) is 0 Å². The Morgan fingerprint density at radius 2 is 1.71 bits per heavy atom. The van der Waals surface area contributed by atoms with Crippen molar-refractivity contribution in [1.82, 2.24) is 5.32 Å². The first kappa shape index (κ1) is 10.5. The zero-order valence-electron chi connectivity index (χ0n) is 9.65. The van der Waals surface area contributed by atoms with E-state index in [-0.39, 0.29) is 0 Å². The Hall–Kier alpha value is -0.0400. The number of rotatable bonds is 4. The molecule has 82 valence electrons. The smallest absolute Gasteiger partial charge is 0.00672 e. The summed E-state index contributed by atoms with van der Waals surface area (Å²) in [5.41, 5.74) is 0.683. The van der Waals surface area contributed by atoms with Crippen LogP contribution in [0.3, 0.4) is 0 Å². The molecule has 2 saturated carbocycles. The molecule has 14 heavy (non-hydrogen) atoms. The Bertz CT molecular complexity index is 164. The van der Waals surface area contributed by atoms with Gasteiger partial charge < -0.3 is 5.32 Å². The molecular formula is C13H25N. The van der Waals surface area contributed by atoms with Gasteiger partial charge in [0.2, 0.25) is 0 Å². The largest absolute Gasteiger partial charge is 0.313 e. The van der Waals surface area contributed by atoms with Gasteiger partial charge in [-0.3, -0.25) is 0 Å². The summed E-state index contributed by atoms with van der Waals surface area (Å²) in [6, 6.07) is 0.860. The molecule has 0 amide bonds. The molecule has 1 heteroatoms. The summed E-state index contributed by atoms with van der Waals surface area (Å²) in [5, 5.41) is 3.82. The topological polar surface area (TPSA) is 12.0 Å². The Morgan fingerprint density at radius 3 is 2.29 bits per heavy atom. The fourth-order valence-corrected chi connectivity index (χ4v) is 3.27. The molecule has 0 aliphatic heterocycles. The summed E-state index contributed by atoms with van der Waals surface area (Å²) in [6.45, 7) is 3.68. The molecule has 0 spiro atoms. The highest BCUT2D eigenvalue weighted by Gasteiger charge is 2.32. The third-order valence-electron chi connectivity index (χ3n) is 4.54. The highest BCUT2D eigenvalue weighted by Crippen LogP contribution is 2.40. The molecule has 0 aromatic heterocycles. The lowest BCUT2D eigenvalue weighted by Gasteiger charge is -2.29. The van der Waals surface area contributed by atoms with Gasteiger partial charge in [0.05, 0.1) is 0 Å². The summed E-state index contributed by atoms with van der Waals surface area (Å²) in [6.07, 6.45) is 13.0. The van der Waals surface area contributed by atoms with Crippen molar-refractivity contribution in [3.8, 4) is 0 Å². The van der Waals surface area contributed by atoms with Gasteiger partial charge in [-0.25, -0.2) is 0 Å². The first-order valence-corrected chi connectivity index (χ1v) is 6.58. The van der Waals surface area contributed by atoms with Crippen LogP contribution >= 0.6 is 0 Å². The van der Waals surface area contributed by atoms with Crippen molar-refractivity contribution in [2.24, 2.45) is 5.41 Å². The van der Waals surface area contributed by atoms with Gasteiger partial charge >= 0.3 is 0 Å². The van der Waals surface area contributed by atoms with Gasteiger partial charge in [0.15, 0.2) is 0 Å². The first-order valence-electron chi connectivity index (χ1n) is 6.58. The van der Waals surface area contributed by atoms with E-state index in [1.165, 1.54) is 64.3 Å². The maximum absolute atomic E-state index is 3.82. The molecule has 0 atom stereocenters. The van der Waals surface area contributed by atoms with E-state index in [2.05, 4.69) is 12.2 Å². The van der Waals surface area contributed by atoms with Crippen molar-refractivity contribution < 1.29 is 0 Å². The van der Waals surface area contributed by atoms with E-state index in [9.17, 15) is 0 Å². The Morgan fingerprint density at radius 1 is 1.07 bits per heavy atom. The second-order valence-electron chi connectivity index (χ2n) is 5.42. The fourth-order valence-electron chi connectivity index (χ4n) is 3.27. The normalized spacial score (nSPS) is 27.2. The minimum Gasteiger partial charge on any atom is -0.313 e. The standard InChI is InChI=1S/C13H25N/c1-2-13(9-5-6-10-13)11-14-12-7-3-4-8-12/h12,14H,2-11H2,1H3. The van der Waals surface area contributed by atoms with Crippen molar-refractivity contribution in [1.29, 1.82) is 0 Å². The second kappa shape index (κ2) is 4.65. The average molecular weight is 195 g/mol. The molecule has 0 unspecified atom stereocenters. The van der Waals surface area contributed by atoms with E-state index < -0.39 is 0 Å². The number of hydrogen-bond acceptors (Lipinski definition) is 1. The summed E-state index contributed by atoms with van der Waals surface area (Å²) in [4.78, 5) is 0. The van der Waals surface area contributed by atoms with E-state index in [0.29, 0.717) is 5.41 Å². The molecule has 0 aromatic carbocycles. The lowest BCUT2D eigenvalue weighted by atomic mass is 9.83. The van der Waals surface area contributed by atoms with Crippen LogP contribution in [-0.2, 0) is 0 Å². The van der Waals surface area contributed by atoms with Gasteiger partial charge in [0.25, 0.3) is 0 Å². The quantitative estimate of drug-likeness (QED) is 0.724. The summed E-state index contributed by atoms with van der Waals surface area (Å²) in [7, 11) is 0. The van der Waals surface area contributed by atoms with Crippen LogP contribution in [0.5, 0.6) is 0 Å². The van der Waals surface area contributed by atoms with Gasteiger partial charge in [0.1, 0.15) is 0 Å². The molecule has 2 fully saturated rings. The lowest BCUT2D eigenvalue weighted by molar-refractivity contribution is 0.256. The van der Waals surface area contributed by atoms with Crippen LogP contribution in [0.25, 0.3) is 0 Å². The molecule has 2 aliphatic carbocycles. The van der Waals surface area contributed by atoms with Crippen molar-refractivity contribution >= 4 is 0 Å². The predicted molar refractivity (Wildman–Crippen MR) is 61.5 cm³/mol. The van der Waals surface area contributed by atoms with Gasteiger partial charge in [0, 0.05) is 12.6 Å². The Kier molecular flexibility index (Phi) is 3.48. The number of hydrogen-bond donors (Lipinski definition) is 1. The molecular weight excluding hydrogens is 170 g/mol. The molecule has 0 heterocycles. The van der Waals surface area contributed by atoms with Crippen LogP contribution < -0.4 is 5.32 Å². The van der Waals surface area contributed by atoms with Gasteiger partial charge in [-0.05, 0) is 37.5 Å². The molecule has 0 saturated heterocycles. The monoisotopic (exact) mass is 195 g/mol. The molecule has 2 rings (SSSR count). The van der Waals surface area contributed by atoms with Crippen LogP contribution in [0.4, 0.5) is 0 Å². The minimum absolute atomic E-state index is 0.683. The van der Waals surface area contributed by atoms with Gasteiger partial charge in [-0.15, -0.1) is 0 Å². The van der Waals surface area contributed by atoms with E-state index in [1.54, 1.807) is 0 Å². The van der Waals surface area contributed by atoms with Crippen molar-refractivity contribution in [3.05, 3.63) is 0 Å². The summed E-state index contributed by atoms with van der Waals surface area (Å²) < 4.78 is 0. The van der Waals surface area contributed by atoms with E-state index >= 15 is 0 Å². The third kappa shape index (κ3) is 2.31. The summed E-state index contributed by atoms with van der Waals surface area (Å²) in [5.74, 6) is 0. The Labute approximate surface area is 88.7 Å². The van der Waals surface area contributed by atoms with Crippen LogP contribution in [0.2, 0.25) is 0 Å². The first-order chi connectivity index (χ1) is 6.85. The van der Waals surface area contributed by atoms with Crippen molar-refractivity contribution in [3.63, 3.8) is 0 Å². The SMILES string of the molecule is CCC1(CNC2CCCC2)CCCC1. The van der Waals surface area contributed by atoms with Gasteiger partial charge in [-0.1, -0.05) is 32.6 Å². The molecule has 0 radical (unpaired) electrons. The van der Waals surface area contributed by atoms with Crippen molar-refractivity contribution in [2.75, 3.05) is 6.54 Å². The zero-order valence-corrected chi connectivity index (χ0v) is 9.65. The average Bonchev–Trinajstić information content (AvgIpc) is 2.87. The third-order valence-corrected chi connectivity index (χ3v) is 4.54.